The van der Waals surface area contributed by atoms with Gasteiger partial charge in [0.25, 0.3) is 0 Å². The molecule has 19 heavy (non-hydrogen) atoms. The minimum Gasteiger partial charge on any atom is -0.464 e. The van der Waals surface area contributed by atoms with Gasteiger partial charge in [-0.25, -0.2) is 14.7 Å². The number of para-hydroxylation sites is 2. The van der Waals surface area contributed by atoms with Crippen LogP contribution in [0.25, 0.3) is 10.2 Å². The van der Waals surface area contributed by atoms with Gasteiger partial charge in [-0.1, -0.05) is 41.7 Å². The van der Waals surface area contributed by atoms with E-state index >= 15 is 0 Å². The molecule has 1 aromatic heterocycles. The van der Waals surface area contributed by atoms with Crippen molar-refractivity contribution in [2.45, 2.75) is 0 Å². The van der Waals surface area contributed by atoms with Gasteiger partial charge in [0.2, 0.25) is 5.13 Å². The summed E-state index contributed by atoms with van der Waals surface area (Å²) in [7, 11) is 0. The smallest absolute Gasteiger partial charge is 0.418 e. The zero-order valence-electron chi connectivity index (χ0n) is 9.85. The zero-order chi connectivity index (χ0) is 13.2. The molecule has 0 aliphatic rings. The lowest BCUT2D eigenvalue weighted by atomic mass is 10.3. The van der Waals surface area contributed by atoms with Crippen LogP contribution >= 0.6 is 11.3 Å². The molecule has 0 fully saturated rings. The summed E-state index contributed by atoms with van der Waals surface area (Å²) in [4.78, 5) is 17.0. The number of fused-ring (bicyclic) bond motifs is 1. The van der Waals surface area contributed by atoms with Gasteiger partial charge in [-0.15, -0.1) is 0 Å². The van der Waals surface area contributed by atoms with Crippen molar-refractivity contribution in [1.82, 2.24) is 4.98 Å². The molecule has 3 rings (SSSR count). The average molecular weight is 270 g/mol. The SMILES string of the molecule is O=C(O)N(c1ccccc1)c1nc2ccccc2s1. The fourth-order valence-corrected chi connectivity index (χ4v) is 2.82. The Labute approximate surface area is 113 Å². The third kappa shape index (κ3) is 2.15. The van der Waals surface area contributed by atoms with E-state index in [0.717, 1.165) is 10.2 Å². The van der Waals surface area contributed by atoms with E-state index in [1.54, 1.807) is 24.3 Å². The largest absolute Gasteiger partial charge is 0.464 e. The monoisotopic (exact) mass is 270 g/mol. The molecule has 94 valence electrons. The molecule has 2 aromatic carbocycles. The summed E-state index contributed by atoms with van der Waals surface area (Å²) < 4.78 is 0.972. The lowest BCUT2D eigenvalue weighted by Gasteiger charge is -2.15. The number of thiazole rings is 1. The van der Waals surface area contributed by atoms with E-state index in [4.69, 9.17) is 0 Å². The molecule has 0 saturated carbocycles. The maximum absolute atomic E-state index is 11.5. The quantitative estimate of drug-likeness (QED) is 0.762. The lowest BCUT2D eigenvalue weighted by molar-refractivity contribution is 0.205. The predicted molar refractivity (Wildman–Crippen MR) is 76.2 cm³/mol. The summed E-state index contributed by atoms with van der Waals surface area (Å²) in [6.45, 7) is 0. The van der Waals surface area contributed by atoms with Gasteiger partial charge in [-0.05, 0) is 24.3 Å². The van der Waals surface area contributed by atoms with Gasteiger partial charge in [-0.2, -0.15) is 0 Å². The normalized spacial score (nSPS) is 10.5. The highest BCUT2D eigenvalue weighted by atomic mass is 32.1. The number of rotatable bonds is 2. The number of nitrogens with zero attached hydrogens (tertiary/aromatic N) is 2. The standard InChI is InChI=1S/C14H10N2O2S/c17-14(18)16(10-6-2-1-3-7-10)13-15-11-8-4-5-9-12(11)19-13/h1-9H,(H,17,18). The van der Waals surface area contributed by atoms with E-state index < -0.39 is 6.09 Å². The van der Waals surface area contributed by atoms with Crippen LogP contribution in [0, 0.1) is 0 Å². The van der Waals surface area contributed by atoms with Crippen molar-refractivity contribution in [3.8, 4) is 0 Å². The molecular weight excluding hydrogens is 260 g/mol. The van der Waals surface area contributed by atoms with Crippen LogP contribution in [0.15, 0.2) is 54.6 Å². The first-order chi connectivity index (χ1) is 9.25. The zero-order valence-corrected chi connectivity index (χ0v) is 10.7. The highest BCUT2D eigenvalue weighted by Gasteiger charge is 2.20. The third-order valence-electron chi connectivity index (χ3n) is 2.68. The minimum absolute atomic E-state index is 0.458. The highest BCUT2D eigenvalue weighted by Crippen LogP contribution is 2.33. The van der Waals surface area contributed by atoms with Crippen LogP contribution in [0.1, 0.15) is 0 Å². The third-order valence-corrected chi connectivity index (χ3v) is 3.70. The van der Waals surface area contributed by atoms with Crippen molar-refractivity contribution in [1.29, 1.82) is 0 Å². The van der Waals surface area contributed by atoms with Gasteiger partial charge in [-0.3, -0.25) is 0 Å². The Morgan fingerprint density at radius 2 is 1.74 bits per heavy atom. The maximum Gasteiger partial charge on any atom is 0.418 e. The molecule has 0 bridgehead atoms. The van der Waals surface area contributed by atoms with Crippen LogP contribution in [-0.4, -0.2) is 16.2 Å². The Morgan fingerprint density at radius 3 is 2.42 bits per heavy atom. The van der Waals surface area contributed by atoms with Crippen molar-refractivity contribution in [3.05, 3.63) is 54.6 Å². The fourth-order valence-electron chi connectivity index (χ4n) is 1.84. The van der Waals surface area contributed by atoms with Gasteiger partial charge in [0.15, 0.2) is 0 Å². The maximum atomic E-state index is 11.5. The summed E-state index contributed by atoms with van der Waals surface area (Å²) in [5, 5.41) is 9.86. The number of amides is 1. The van der Waals surface area contributed by atoms with Crippen LogP contribution in [0.4, 0.5) is 15.6 Å². The van der Waals surface area contributed by atoms with E-state index in [1.165, 1.54) is 16.2 Å². The van der Waals surface area contributed by atoms with Gasteiger partial charge in [0.05, 0.1) is 15.9 Å². The molecule has 1 amide bonds. The van der Waals surface area contributed by atoms with E-state index in [2.05, 4.69) is 4.98 Å². The summed E-state index contributed by atoms with van der Waals surface area (Å²) in [6, 6.07) is 16.6. The van der Waals surface area contributed by atoms with Crippen molar-refractivity contribution in [2.24, 2.45) is 0 Å². The number of carboxylic acid groups (broad SMARTS) is 1. The van der Waals surface area contributed by atoms with Crippen LogP contribution < -0.4 is 4.90 Å². The Hall–Kier alpha value is -2.40. The van der Waals surface area contributed by atoms with Gasteiger partial charge >= 0.3 is 6.09 Å². The number of anilines is 2. The first-order valence-corrected chi connectivity index (χ1v) is 6.51. The van der Waals surface area contributed by atoms with Gasteiger partial charge in [0.1, 0.15) is 0 Å². The molecular formula is C14H10N2O2S. The second kappa shape index (κ2) is 4.70. The number of hydrogen-bond donors (Lipinski definition) is 1. The molecule has 0 unspecified atom stereocenters. The second-order valence-corrected chi connectivity index (χ2v) is 4.93. The average Bonchev–Trinajstić information content (AvgIpc) is 2.82. The molecule has 1 heterocycles. The van der Waals surface area contributed by atoms with E-state index in [0.29, 0.717) is 10.8 Å². The summed E-state index contributed by atoms with van der Waals surface area (Å²) in [5.41, 5.74) is 1.40. The molecule has 0 radical (unpaired) electrons. The summed E-state index contributed by atoms with van der Waals surface area (Å²) >= 11 is 1.36. The van der Waals surface area contributed by atoms with E-state index in [-0.39, 0.29) is 0 Å². The summed E-state index contributed by atoms with van der Waals surface area (Å²) in [5.74, 6) is 0. The minimum atomic E-state index is -1.04. The fraction of sp³-hybridized carbons (Fsp3) is 0. The molecule has 0 aliphatic heterocycles. The molecule has 4 nitrogen and oxygen atoms in total. The van der Waals surface area contributed by atoms with Crippen LogP contribution in [0.2, 0.25) is 0 Å². The van der Waals surface area contributed by atoms with Crippen LogP contribution in [-0.2, 0) is 0 Å². The van der Waals surface area contributed by atoms with E-state index in [1.807, 2.05) is 30.3 Å². The Morgan fingerprint density at radius 1 is 1.05 bits per heavy atom. The Kier molecular flexibility index (Phi) is 2.89. The molecule has 5 heteroatoms. The predicted octanol–water partition coefficient (Wildman–Crippen LogP) is 4.11. The molecule has 0 atom stereocenters. The molecule has 3 aromatic rings. The van der Waals surface area contributed by atoms with Crippen LogP contribution in [0.5, 0.6) is 0 Å². The van der Waals surface area contributed by atoms with Crippen molar-refractivity contribution < 1.29 is 9.90 Å². The lowest BCUT2D eigenvalue weighted by Crippen LogP contribution is -2.23. The highest BCUT2D eigenvalue weighted by molar-refractivity contribution is 7.22. The Bertz CT molecular complexity index is 691. The van der Waals surface area contributed by atoms with Crippen molar-refractivity contribution in [2.75, 3.05) is 4.90 Å². The van der Waals surface area contributed by atoms with Crippen molar-refractivity contribution >= 4 is 38.5 Å². The topological polar surface area (TPSA) is 53.4 Å². The second-order valence-electron chi connectivity index (χ2n) is 3.92. The molecule has 1 N–H and O–H groups in total. The first kappa shape index (κ1) is 11.7. The van der Waals surface area contributed by atoms with E-state index in [9.17, 15) is 9.90 Å². The van der Waals surface area contributed by atoms with Gasteiger partial charge < -0.3 is 5.11 Å². The number of benzene rings is 2. The number of carbonyl (C=O) groups is 1. The van der Waals surface area contributed by atoms with Crippen molar-refractivity contribution in [3.63, 3.8) is 0 Å². The molecule has 0 saturated heterocycles. The van der Waals surface area contributed by atoms with Gasteiger partial charge in [0, 0.05) is 0 Å². The summed E-state index contributed by atoms with van der Waals surface area (Å²) in [6.07, 6.45) is -1.04. The molecule has 0 spiro atoms. The van der Waals surface area contributed by atoms with Crippen LogP contribution in [0.3, 0.4) is 0 Å². The Balaban J connectivity index is 2.12. The first-order valence-electron chi connectivity index (χ1n) is 5.69. The molecule has 0 aliphatic carbocycles. The number of hydrogen-bond acceptors (Lipinski definition) is 3. The number of aromatic nitrogens is 1.